The summed E-state index contributed by atoms with van der Waals surface area (Å²) in [6.45, 7) is 2.47. The van der Waals surface area contributed by atoms with Crippen LogP contribution in [0, 0.1) is 6.92 Å². The third-order valence-electron chi connectivity index (χ3n) is 3.13. The molecule has 0 amide bonds. The van der Waals surface area contributed by atoms with E-state index < -0.39 is 0 Å². The molecule has 1 aromatic carbocycles. The highest BCUT2D eigenvalue weighted by Gasteiger charge is 2.20. The van der Waals surface area contributed by atoms with Crippen molar-refractivity contribution in [3.05, 3.63) is 53.4 Å². The molecule has 1 aliphatic heterocycles. The van der Waals surface area contributed by atoms with Crippen LogP contribution in [0.1, 0.15) is 17.0 Å². The Hall–Kier alpha value is -1.75. The number of rotatable bonds is 4. The van der Waals surface area contributed by atoms with E-state index in [0.717, 1.165) is 28.8 Å². The Kier molecular flexibility index (Phi) is 4.06. The van der Waals surface area contributed by atoms with Gasteiger partial charge in [-0.2, -0.15) is 0 Å². The van der Waals surface area contributed by atoms with Gasteiger partial charge < -0.3 is 9.84 Å². The summed E-state index contributed by atoms with van der Waals surface area (Å²) in [5.74, 6) is 1.87. The summed E-state index contributed by atoms with van der Waals surface area (Å²) >= 11 is 1.77. The molecule has 0 radical (unpaired) electrons. The number of aliphatic imine (C=N–C) groups is 1. The molecule has 1 aliphatic rings. The fraction of sp³-hybridized carbons (Fsp3) is 0.333. The van der Waals surface area contributed by atoms with Crippen molar-refractivity contribution in [2.45, 2.75) is 25.9 Å². The lowest BCUT2D eigenvalue weighted by atomic mass is 10.1. The van der Waals surface area contributed by atoms with Crippen LogP contribution in [0.5, 0.6) is 0 Å². The van der Waals surface area contributed by atoms with Crippen LogP contribution >= 0.6 is 11.8 Å². The lowest BCUT2D eigenvalue weighted by Crippen LogP contribution is -2.28. The average molecular weight is 287 g/mol. The van der Waals surface area contributed by atoms with Gasteiger partial charge in [0.15, 0.2) is 10.9 Å². The van der Waals surface area contributed by atoms with Crippen molar-refractivity contribution in [3.8, 4) is 0 Å². The Balaban J connectivity index is 1.54. The highest BCUT2D eigenvalue weighted by molar-refractivity contribution is 8.14. The molecule has 1 N–H and O–H groups in total. The van der Waals surface area contributed by atoms with Crippen LogP contribution in [0.25, 0.3) is 0 Å². The third kappa shape index (κ3) is 3.42. The van der Waals surface area contributed by atoms with Gasteiger partial charge in [0.1, 0.15) is 6.54 Å². The second-order valence-corrected chi connectivity index (χ2v) is 5.91. The van der Waals surface area contributed by atoms with Crippen molar-refractivity contribution in [1.29, 1.82) is 0 Å². The van der Waals surface area contributed by atoms with Crippen LogP contribution in [0.2, 0.25) is 0 Å². The van der Waals surface area contributed by atoms with E-state index in [9.17, 15) is 0 Å². The molecule has 1 atom stereocenters. The summed E-state index contributed by atoms with van der Waals surface area (Å²) in [6, 6.07) is 12.9. The van der Waals surface area contributed by atoms with E-state index in [1.807, 2.05) is 19.1 Å². The summed E-state index contributed by atoms with van der Waals surface area (Å²) in [4.78, 5) is 4.53. The van der Waals surface area contributed by atoms with Crippen molar-refractivity contribution in [2.75, 3.05) is 5.75 Å². The standard InChI is InChI=1S/C15H17N3OS/c1-11-7-14(19-18-11)9-16-15-17-13(10-20-15)8-12-5-3-2-4-6-12/h2-7,13H,8-10H2,1H3,(H,16,17). The number of hydrogen-bond acceptors (Lipinski definition) is 4. The number of nitrogens with zero attached hydrogens (tertiary/aromatic N) is 2. The van der Waals surface area contributed by atoms with E-state index in [-0.39, 0.29) is 0 Å². The lowest BCUT2D eigenvalue weighted by Gasteiger charge is -2.09. The molecular formula is C15H17N3OS. The fourth-order valence-corrected chi connectivity index (χ4v) is 3.14. The number of aromatic nitrogens is 1. The van der Waals surface area contributed by atoms with Crippen LogP contribution in [-0.4, -0.2) is 22.1 Å². The maximum Gasteiger partial charge on any atom is 0.158 e. The zero-order valence-electron chi connectivity index (χ0n) is 11.4. The van der Waals surface area contributed by atoms with Crippen molar-refractivity contribution >= 4 is 16.9 Å². The summed E-state index contributed by atoms with van der Waals surface area (Å²) < 4.78 is 5.15. The number of nitrogens with one attached hydrogen (secondary N) is 1. The number of thioether (sulfide) groups is 1. The molecule has 0 bridgehead atoms. The quantitative estimate of drug-likeness (QED) is 0.939. The normalized spacial score (nSPS) is 20.2. The Morgan fingerprint density at radius 1 is 1.40 bits per heavy atom. The monoisotopic (exact) mass is 287 g/mol. The highest BCUT2D eigenvalue weighted by atomic mass is 32.2. The van der Waals surface area contributed by atoms with Gasteiger partial charge in [-0.25, -0.2) is 0 Å². The zero-order valence-corrected chi connectivity index (χ0v) is 12.2. The van der Waals surface area contributed by atoms with Crippen LogP contribution in [0.15, 0.2) is 45.9 Å². The molecule has 1 aromatic heterocycles. The fourth-order valence-electron chi connectivity index (χ4n) is 2.18. The predicted octanol–water partition coefficient (Wildman–Crippen LogP) is 2.79. The Labute approximate surface area is 122 Å². The second-order valence-electron chi connectivity index (χ2n) is 4.90. The molecule has 3 rings (SSSR count). The summed E-state index contributed by atoms with van der Waals surface area (Å²) in [6.07, 6.45) is 1.04. The van der Waals surface area contributed by atoms with Gasteiger partial charge in [-0.15, -0.1) is 0 Å². The highest BCUT2D eigenvalue weighted by Crippen LogP contribution is 2.18. The number of amidine groups is 1. The topological polar surface area (TPSA) is 50.4 Å². The minimum absolute atomic E-state index is 0.456. The van der Waals surface area contributed by atoms with Gasteiger partial charge in [0.2, 0.25) is 0 Å². The zero-order chi connectivity index (χ0) is 13.8. The molecule has 1 fully saturated rings. The minimum Gasteiger partial charge on any atom is -0.361 e. The Morgan fingerprint density at radius 3 is 3.00 bits per heavy atom. The Morgan fingerprint density at radius 2 is 2.25 bits per heavy atom. The smallest absolute Gasteiger partial charge is 0.158 e. The molecular weight excluding hydrogens is 270 g/mol. The maximum atomic E-state index is 5.15. The van der Waals surface area contributed by atoms with E-state index in [2.05, 4.69) is 39.7 Å². The summed E-state index contributed by atoms with van der Waals surface area (Å²) in [5.41, 5.74) is 2.26. The molecule has 1 saturated heterocycles. The number of aryl methyl sites for hydroxylation is 1. The first kappa shape index (κ1) is 13.2. The van der Waals surface area contributed by atoms with E-state index >= 15 is 0 Å². The second kappa shape index (κ2) is 6.13. The summed E-state index contributed by atoms with van der Waals surface area (Å²) in [7, 11) is 0. The first-order chi connectivity index (χ1) is 9.79. The lowest BCUT2D eigenvalue weighted by molar-refractivity contribution is 0.381. The molecule has 0 saturated carbocycles. The maximum absolute atomic E-state index is 5.15. The molecule has 5 heteroatoms. The average Bonchev–Trinajstić information content (AvgIpc) is 3.07. The molecule has 2 heterocycles. The van der Waals surface area contributed by atoms with Gasteiger partial charge in [0, 0.05) is 17.9 Å². The van der Waals surface area contributed by atoms with Crippen LogP contribution in [0.3, 0.4) is 0 Å². The van der Waals surface area contributed by atoms with E-state index in [1.54, 1.807) is 11.8 Å². The van der Waals surface area contributed by atoms with Crippen LogP contribution in [0.4, 0.5) is 0 Å². The summed E-state index contributed by atoms with van der Waals surface area (Å²) in [5, 5.41) is 8.33. The van der Waals surface area contributed by atoms with E-state index in [1.165, 1.54) is 5.56 Å². The van der Waals surface area contributed by atoms with Crippen molar-refractivity contribution in [1.82, 2.24) is 10.5 Å². The number of hydrogen-bond donors (Lipinski definition) is 1. The third-order valence-corrected chi connectivity index (χ3v) is 4.22. The van der Waals surface area contributed by atoms with Gasteiger partial charge in [0.05, 0.1) is 5.69 Å². The van der Waals surface area contributed by atoms with Crippen LogP contribution < -0.4 is 5.32 Å². The molecule has 104 valence electrons. The molecule has 20 heavy (non-hydrogen) atoms. The largest absolute Gasteiger partial charge is 0.361 e. The van der Waals surface area contributed by atoms with Gasteiger partial charge >= 0.3 is 0 Å². The SMILES string of the molecule is Cc1cc(CN=C2NC(Cc3ccccc3)CS2)on1. The van der Waals surface area contributed by atoms with Gasteiger partial charge in [-0.1, -0.05) is 47.3 Å². The first-order valence-corrected chi connectivity index (χ1v) is 7.68. The molecule has 2 aromatic rings. The molecule has 1 unspecified atom stereocenters. The van der Waals surface area contributed by atoms with Gasteiger partial charge in [-0.05, 0) is 18.9 Å². The van der Waals surface area contributed by atoms with Crippen molar-refractivity contribution < 1.29 is 4.52 Å². The van der Waals surface area contributed by atoms with Crippen LogP contribution in [-0.2, 0) is 13.0 Å². The van der Waals surface area contributed by atoms with Crippen molar-refractivity contribution in [2.24, 2.45) is 4.99 Å². The van der Waals surface area contributed by atoms with Gasteiger partial charge in [-0.3, -0.25) is 4.99 Å². The molecule has 4 nitrogen and oxygen atoms in total. The first-order valence-electron chi connectivity index (χ1n) is 6.69. The van der Waals surface area contributed by atoms with E-state index in [0.29, 0.717) is 12.6 Å². The van der Waals surface area contributed by atoms with E-state index in [4.69, 9.17) is 4.52 Å². The van der Waals surface area contributed by atoms with Gasteiger partial charge in [0.25, 0.3) is 0 Å². The van der Waals surface area contributed by atoms with Crippen molar-refractivity contribution in [3.63, 3.8) is 0 Å². The predicted molar refractivity (Wildman–Crippen MR) is 81.9 cm³/mol. The number of benzene rings is 1. The Bertz CT molecular complexity index is 594. The molecule has 0 spiro atoms. The minimum atomic E-state index is 0.456. The molecule has 0 aliphatic carbocycles.